The molecule has 4 aromatic rings. The fourth-order valence-corrected chi connectivity index (χ4v) is 3.60. The number of hydrogen-bond acceptors (Lipinski definition) is 5. The van der Waals surface area contributed by atoms with E-state index in [1.54, 1.807) is 35.1 Å². The average molecular weight is 493 g/mol. The summed E-state index contributed by atoms with van der Waals surface area (Å²) >= 11 is 6.16. The van der Waals surface area contributed by atoms with Crippen molar-refractivity contribution in [1.82, 2.24) is 29.3 Å². The van der Waals surface area contributed by atoms with Crippen LogP contribution in [0.4, 0.5) is 13.2 Å². The van der Waals surface area contributed by atoms with Crippen LogP contribution in [-0.2, 0) is 19.3 Å². The molecule has 12 heteroatoms. The molecule has 0 bridgehead atoms. The summed E-state index contributed by atoms with van der Waals surface area (Å²) in [6, 6.07) is 8.59. The Morgan fingerprint density at radius 3 is 2.47 bits per heavy atom. The molecule has 0 atom stereocenters. The van der Waals surface area contributed by atoms with Gasteiger partial charge in [-0.2, -0.15) is 23.4 Å². The van der Waals surface area contributed by atoms with Gasteiger partial charge in [0.1, 0.15) is 11.4 Å². The zero-order chi connectivity index (χ0) is 24.6. The summed E-state index contributed by atoms with van der Waals surface area (Å²) in [6.07, 6.45) is -3.08. The molecule has 0 aliphatic carbocycles. The molecule has 0 aliphatic heterocycles. The van der Waals surface area contributed by atoms with Crippen LogP contribution in [0.2, 0.25) is 5.02 Å². The first-order chi connectivity index (χ1) is 16.1. The minimum Gasteiger partial charge on any atom is -0.497 e. The number of alkyl halides is 3. The van der Waals surface area contributed by atoms with Crippen LogP contribution in [0.25, 0.3) is 16.9 Å². The molecular formula is C22H20ClF3N6O2. The van der Waals surface area contributed by atoms with Crippen molar-refractivity contribution in [1.29, 1.82) is 0 Å². The summed E-state index contributed by atoms with van der Waals surface area (Å²) in [5.41, 5.74) is -0.314. The Morgan fingerprint density at radius 2 is 1.88 bits per heavy atom. The number of hydrogen-bond donors (Lipinski definition) is 0. The van der Waals surface area contributed by atoms with E-state index in [1.807, 2.05) is 6.92 Å². The van der Waals surface area contributed by atoms with Crippen molar-refractivity contribution < 1.29 is 22.7 Å². The monoisotopic (exact) mass is 492 g/mol. The molecule has 3 heterocycles. The molecule has 0 N–H and O–H groups in total. The van der Waals surface area contributed by atoms with E-state index in [1.165, 1.54) is 25.1 Å². The number of aryl methyl sites for hydroxylation is 1. The van der Waals surface area contributed by atoms with Gasteiger partial charge in [-0.25, -0.2) is 9.50 Å². The lowest BCUT2D eigenvalue weighted by Gasteiger charge is -2.14. The van der Waals surface area contributed by atoms with E-state index in [-0.39, 0.29) is 23.6 Å². The van der Waals surface area contributed by atoms with Crippen LogP contribution < -0.4 is 4.74 Å². The van der Waals surface area contributed by atoms with Gasteiger partial charge in [-0.1, -0.05) is 11.6 Å². The number of methoxy groups -OCH3 is 1. The fraction of sp³-hybridized carbons (Fsp3) is 0.273. The number of fused-ring (bicyclic) bond motifs is 1. The average Bonchev–Trinajstić information content (AvgIpc) is 3.40. The summed E-state index contributed by atoms with van der Waals surface area (Å²) < 4.78 is 48.9. The number of benzene rings is 1. The zero-order valence-electron chi connectivity index (χ0n) is 18.5. The number of aromatic nitrogens is 5. The summed E-state index contributed by atoms with van der Waals surface area (Å²) in [4.78, 5) is 18.5. The largest absolute Gasteiger partial charge is 0.497 e. The molecule has 178 valence electrons. The van der Waals surface area contributed by atoms with Gasteiger partial charge in [-0.05, 0) is 37.3 Å². The van der Waals surface area contributed by atoms with Gasteiger partial charge < -0.3 is 9.64 Å². The fourth-order valence-electron chi connectivity index (χ4n) is 3.39. The maximum Gasteiger partial charge on any atom is 0.433 e. The molecule has 0 radical (unpaired) electrons. The van der Waals surface area contributed by atoms with Crippen molar-refractivity contribution in [2.24, 2.45) is 0 Å². The third-order valence-corrected chi connectivity index (χ3v) is 5.48. The Hall–Kier alpha value is -3.60. The molecule has 0 saturated heterocycles. The van der Waals surface area contributed by atoms with Gasteiger partial charge in [0, 0.05) is 31.4 Å². The van der Waals surface area contributed by atoms with Crippen LogP contribution in [0, 0.1) is 0 Å². The van der Waals surface area contributed by atoms with E-state index in [4.69, 9.17) is 16.3 Å². The van der Waals surface area contributed by atoms with Crippen LogP contribution in [0.5, 0.6) is 5.75 Å². The smallest absolute Gasteiger partial charge is 0.433 e. The molecule has 34 heavy (non-hydrogen) atoms. The standard InChI is InChI=1S/C22H20ClF3N6O2/c1-4-31-11-15(23)18(28-31)12-30(2)21(33)17-10-20-27-16(13-5-7-14(34-3)8-6-13)9-19(22(24,25)26)32(20)29-17/h5-11H,4,12H2,1-3H3. The van der Waals surface area contributed by atoms with Gasteiger partial charge in [0.2, 0.25) is 0 Å². The Bertz CT molecular complexity index is 1350. The molecule has 1 aromatic carbocycles. The van der Waals surface area contributed by atoms with Gasteiger partial charge in [0.25, 0.3) is 5.91 Å². The van der Waals surface area contributed by atoms with Crippen molar-refractivity contribution >= 4 is 23.2 Å². The van der Waals surface area contributed by atoms with Gasteiger partial charge in [-0.3, -0.25) is 9.48 Å². The topological polar surface area (TPSA) is 77.5 Å². The van der Waals surface area contributed by atoms with E-state index >= 15 is 0 Å². The van der Waals surface area contributed by atoms with E-state index < -0.39 is 17.8 Å². The zero-order valence-corrected chi connectivity index (χ0v) is 19.2. The molecule has 8 nitrogen and oxygen atoms in total. The lowest BCUT2D eigenvalue weighted by atomic mass is 10.1. The third kappa shape index (κ3) is 4.56. The quantitative estimate of drug-likeness (QED) is 0.394. The van der Waals surface area contributed by atoms with Gasteiger partial charge in [0.05, 0.1) is 24.4 Å². The molecular weight excluding hydrogens is 473 g/mol. The van der Waals surface area contributed by atoms with Crippen LogP contribution in [-0.4, -0.2) is 49.3 Å². The van der Waals surface area contributed by atoms with E-state index in [9.17, 15) is 18.0 Å². The SMILES string of the molecule is CCn1cc(Cl)c(CN(C)C(=O)c2cc3nc(-c4ccc(OC)cc4)cc(C(F)(F)F)n3n2)n1. The van der Waals surface area contributed by atoms with Crippen molar-refractivity contribution in [2.45, 2.75) is 26.2 Å². The summed E-state index contributed by atoms with van der Waals surface area (Å²) in [5, 5.41) is 8.59. The molecule has 0 fully saturated rings. The number of carbonyl (C=O) groups excluding carboxylic acids is 1. The molecule has 0 unspecified atom stereocenters. The van der Waals surface area contributed by atoms with Crippen molar-refractivity contribution in [3.63, 3.8) is 0 Å². The van der Waals surface area contributed by atoms with Crippen molar-refractivity contribution in [3.8, 4) is 17.0 Å². The number of carbonyl (C=O) groups is 1. The Morgan fingerprint density at radius 1 is 1.18 bits per heavy atom. The van der Waals surface area contributed by atoms with Crippen molar-refractivity contribution in [3.05, 3.63) is 64.7 Å². The van der Waals surface area contributed by atoms with Gasteiger partial charge in [0.15, 0.2) is 17.0 Å². The highest BCUT2D eigenvalue weighted by molar-refractivity contribution is 6.31. The van der Waals surface area contributed by atoms with Crippen LogP contribution in [0.3, 0.4) is 0 Å². The minimum absolute atomic E-state index is 0.0647. The first kappa shape index (κ1) is 23.6. The number of rotatable bonds is 6. The van der Waals surface area contributed by atoms with Crippen LogP contribution in [0.15, 0.2) is 42.6 Å². The number of amides is 1. The highest BCUT2D eigenvalue weighted by Crippen LogP contribution is 2.33. The second-order valence-corrected chi connectivity index (χ2v) is 7.90. The summed E-state index contributed by atoms with van der Waals surface area (Å²) in [7, 11) is 2.99. The Labute approximate surface area is 197 Å². The number of ether oxygens (including phenoxy) is 1. The Balaban J connectivity index is 1.71. The number of halogens is 4. The van der Waals surface area contributed by atoms with E-state index in [0.29, 0.717) is 33.1 Å². The summed E-state index contributed by atoms with van der Waals surface area (Å²) in [6.45, 7) is 2.56. The minimum atomic E-state index is -4.72. The summed E-state index contributed by atoms with van der Waals surface area (Å²) in [5.74, 6) is -0.0308. The van der Waals surface area contributed by atoms with Crippen LogP contribution in [0.1, 0.15) is 28.8 Å². The first-order valence-electron chi connectivity index (χ1n) is 10.2. The second-order valence-electron chi connectivity index (χ2n) is 7.49. The highest BCUT2D eigenvalue weighted by Gasteiger charge is 2.36. The molecule has 0 saturated carbocycles. The lowest BCUT2D eigenvalue weighted by Crippen LogP contribution is -2.27. The maximum absolute atomic E-state index is 13.8. The maximum atomic E-state index is 13.8. The normalized spacial score (nSPS) is 11.7. The van der Waals surface area contributed by atoms with Crippen LogP contribution >= 0.6 is 11.6 Å². The second kappa shape index (κ2) is 8.98. The predicted octanol–water partition coefficient (Wildman–Crippen LogP) is 4.57. The lowest BCUT2D eigenvalue weighted by molar-refractivity contribution is -0.142. The van der Waals surface area contributed by atoms with E-state index in [2.05, 4.69) is 15.2 Å². The third-order valence-electron chi connectivity index (χ3n) is 5.17. The molecule has 3 aromatic heterocycles. The molecule has 0 aliphatic rings. The molecule has 4 rings (SSSR count). The van der Waals surface area contributed by atoms with E-state index in [0.717, 1.165) is 6.07 Å². The number of nitrogens with zero attached hydrogens (tertiary/aromatic N) is 6. The molecule has 1 amide bonds. The van der Waals surface area contributed by atoms with Gasteiger partial charge in [-0.15, -0.1) is 0 Å². The predicted molar refractivity (Wildman–Crippen MR) is 119 cm³/mol. The molecule has 0 spiro atoms. The van der Waals surface area contributed by atoms with Crippen molar-refractivity contribution in [2.75, 3.05) is 14.2 Å². The van der Waals surface area contributed by atoms with Gasteiger partial charge >= 0.3 is 6.18 Å². The first-order valence-corrected chi connectivity index (χ1v) is 10.6. The highest BCUT2D eigenvalue weighted by atomic mass is 35.5. The Kier molecular flexibility index (Phi) is 6.22.